The Morgan fingerprint density at radius 3 is 2.27 bits per heavy atom. The number of carboxylic acids is 1. The zero-order valence-corrected chi connectivity index (χ0v) is 17.5. The van der Waals surface area contributed by atoms with Gasteiger partial charge in [-0.15, -0.1) is 10.2 Å². The lowest BCUT2D eigenvalue weighted by molar-refractivity contribution is 0.0696. The van der Waals surface area contributed by atoms with Crippen LogP contribution in [0.2, 0.25) is 0 Å². The second-order valence-corrected chi connectivity index (χ2v) is 7.62. The Kier molecular flexibility index (Phi) is 5.32. The molecule has 3 aromatic carbocycles. The number of nitrogens with one attached hydrogen (secondary N) is 1. The molecule has 33 heavy (non-hydrogen) atoms. The summed E-state index contributed by atoms with van der Waals surface area (Å²) in [6, 6.07) is 22.8. The van der Waals surface area contributed by atoms with Gasteiger partial charge < -0.3 is 15.2 Å². The number of carbonyl (C=O) groups is 2. The Hall–Kier alpha value is -4.46. The van der Waals surface area contributed by atoms with E-state index in [9.17, 15) is 14.7 Å². The van der Waals surface area contributed by atoms with Gasteiger partial charge in [0.25, 0.3) is 0 Å². The van der Waals surface area contributed by atoms with Gasteiger partial charge in [-0.05, 0) is 34.4 Å². The maximum absolute atomic E-state index is 12.5. The van der Waals surface area contributed by atoms with Crippen molar-refractivity contribution in [1.82, 2.24) is 20.1 Å². The number of fused-ring (bicyclic) bond motifs is 3. The highest BCUT2D eigenvalue weighted by Crippen LogP contribution is 2.44. The minimum Gasteiger partial charge on any atom is -0.478 e. The fourth-order valence-electron chi connectivity index (χ4n) is 4.25. The second kappa shape index (κ2) is 8.58. The van der Waals surface area contributed by atoms with E-state index in [1.807, 2.05) is 24.3 Å². The lowest BCUT2D eigenvalue weighted by Gasteiger charge is -2.15. The highest BCUT2D eigenvalue weighted by molar-refractivity contribution is 5.92. The van der Waals surface area contributed by atoms with Crippen LogP contribution in [0, 0.1) is 0 Å². The van der Waals surface area contributed by atoms with Crippen LogP contribution in [0.25, 0.3) is 16.8 Å². The van der Waals surface area contributed by atoms with E-state index in [1.54, 1.807) is 18.2 Å². The number of hydrogen-bond donors (Lipinski definition) is 2. The SMILES string of the molecule is O=C(NCc1nncn1-c1ccccc1C(=O)O)OCC1c2ccccc2-c2ccccc21. The standard InChI is InChI=1S/C25H20N4O4/c30-24(31)20-11-5-6-12-22(20)29-15-27-28-23(29)13-26-25(32)33-14-21-18-9-3-1-7-16(18)17-8-2-4-10-19(17)21/h1-12,15,21H,13-14H2,(H,26,32)(H,30,31). The number of aromatic carboxylic acids is 1. The molecule has 1 aliphatic carbocycles. The minimum atomic E-state index is -1.06. The smallest absolute Gasteiger partial charge is 0.407 e. The molecule has 0 unspecified atom stereocenters. The Labute approximate surface area is 189 Å². The number of aromatic nitrogens is 3. The number of hydrogen-bond acceptors (Lipinski definition) is 5. The third-order valence-electron chi connectivity index (χ3n) is 5.75. The number of ether oxygens (including phenoxy) is 1. The first-order valence-corrected chi connectivity index (χ1v) is 10.4. The van der Waals surface area contributed by atoms with Crippen molar-refractivity contribution in [3.05, 3.63) is 102 Å². The third-order valence-corrected chi connectivity index (χ3v) is 5.75. The van der Waals surface area contributed by atoms with Gasteiger partial charge in [0.15, 0.2) is 5.82 Å². The molecule has 1 amide bonds. The largest absolute Gasteiger partial charge is 0.478 e. The summed E-state index contributed by atoms with van der Waals surface area (Å²) in [4.78, 5) is 24.0. The summed E-state index contributed by atoms with van der Waals surface area (Å²) >= 11 is 0. The molecule has 1 aromatic heterocycles. The lowest BCUT2D eigenvalue weighted by Crippen LogP contribution is -2.27. The molecule has 0 atom stereocenters. The lowest BCUT2D eigenvalue weighted by atomic mass is 9.98. The Morgan fingerprint density at radius 2 is 1.58 bits per heavy atom. The van der Waals surface area contributed by atoms with Gasteiger partial charge in [-0.1, -0.05) is 60.7 Å². The van der Waals surface area contributed by atoms with Crippen LogP contribution in [0.1, 0.15) is 33.2 Å². The van der Waals surface area contributed by atoms with E-state index in [0.29, 0.717) is 11.5 Å². The van der Waals surface area contributed by atoms with Gasteiger partial charge in [0.2, 0.25) is 0 Å². The zero-order valence-electron chi connectivity index (χ0n) is 17.5. The fourth-order valence-corrected chi connectivity index (χ4v) is 4.25. The highest BCUT2D eigenvalue weighted by atomic mass is 16.5. The van der Waals surface area contributed by atoms with Crippen molar-refractivity contribution in [3.8, 4) is 16.8 Å². The van der Waals surface area contributed by atoms with Gasteiger partial charge in [0, 0.05) is 5.92 Å². The molecular weight excluding hydrogens is 420 g/mol. The fraction of sp³-hybridized carbons (Fsp3) is 0.120. The molecule has 0 radical (unpaired) electrons. The van der Waals surface area contributed by atoms with E-state index in [0.717, 1.165) is 22.3 Å². The van der Waals surface area contributed by atoms with Crippen LogP contribution in [0.5, 0.6) is 0 Å². The topological polar surface area (TPSA) is 106 Å². The summed E-state index contributed by atoms with van der Waals surface area (Å²) in [7, 11) is 0. The average Bonchev–Trinajstić information content (AvgIpc) is 3.44. The van der Waals surface area contributed by atoms with Crippen molar-refractivity contribution in [2.24, 2.45) is 0 Å². The van der Waals surface area contributed by atoms with Crippen LogP contribution >= 0.6 is 0 Å². The van der Waals surface area contributed by atoms with E-state index in [1.165, 1.54) is 17.0 Å². The van der Waals surface area contributed by atoms with Crippen molar-refractivity contribution in [1.29, 1.82) is 0 Å². The molecule has 5 rings (SSSR count). The molecule has 1 aliphatic rings. The molecule has 8 nitrogen and oxygen atoms in total. The van der Waals surface area contributed by atoms with Crippen LogP contribution in [0.3, 0.4) is 0 Å². The summed E-state index contributed by atoms with van der Waals surface area (Å²) < 4.78 is 7.08. The van der Waals surface area contributed by atoms with Crippen molar-refractivity contribution in [2.45, 2.75) is 12.5 Å². The van der Waals surface area contributed by atoms with Crippen LogP contribution in [-0.2, 0) is 11.3 Å². The Balaban J connectivity index is 1.27. The van der Waals surface area contributed by atoms with Gasteiger partial charge in [-0.2, -0.15) is 0 Å². The monoisotopic (exact) mass is 440 g/mol. The molecule has 0 fully saturated rings. The van der Waals surface area contributed by atoms with Crippen LogP contribution in [-0.4, -0.2) is 38.5 Å². The van der Waals surface area contributed by atoms with Crippen molar-refractivity contribution < 1.29 is 19.4 Å². The summed E-state index contributed by atoms with van der Waals surface area (Å²) in [5.41, 5.74) is 5.12. The maximum atomic E-state index is 12.5. The first-order chi connectivity index (χ1) is 16.1. The molecule has 0 bridgehead atoms. The van der Waals surface area contributed by atoms with E-state index in [2.05, 4.69) is 39.8 Å². The second-order valence-electron chi connectivity index (χ2n) is 7.62. The molecule has 0 aliphatic heterocycles. The van der Waals surface area contributed by atoms with E-state index in [4.69, 9.17) is 4.74 Å². The normalized spacial score (nSPS) is 12.1. The summed E-state index contributed by atoms with van der Waals surface area (Å²) in [6.45, 7) is 0.235. The molecule has 4 aromatic rings. The molecule has 8 heteroatoms. The van der Waals surface area contributed by atoms with Gasteiger partial charge in [-0.25, -0.2) is 9.59 Å². The number of alkyl carbamates (subject to hydrolysis) is 1. The number of nitrogens with zero attached hydrogens (tertiary/aromatic N) is 3. The predicted molar refractivity (Wildman–Crippen MR) is 120 cm³/mol. The molecule has 164 valence electrons. The number of amides is 1. The molecule has 2 N–H and O–H groups in total. The van der Waals surface area contributed by atoms with E-state index in [-0.39, 0.29) is 24.6 Å². The van der Waals surface area contributed by atoms with Gasteiger partial charge in [0.1, 0.15) is 12.9 Å². The number of para-hydroxylation sites is 1. The third kappa shape index (κ3) is 3.82. The first kappa shape index (κ1) is 20.4. The molecule has 1 heterocycles. The zero-order chi connectivity index (χ0) is 22.8. The first-order valence-electron chi connectivity index (χ1n) is 10.4. The Bertz CT molecular complexity index is 1300. The van der Waals surface area contributed by atoms with Crippen LogP contribution in [0.4, 0.5) is 4.79 Å². The van der Waals surface area contributed by atoms with Crippen molar-refractivity contribution in [2.75, 3.05) is 6.61 Å². The van der Waals surface area contributed by atoms with Gasteiger partial charge in [0.05, 0.1) is 17.8 Å². The van der Waals surface area contributed by atoms with E-state index < -0.39 is 12.1 Å². The predicted octanol–water partition coefficient (Wildman–Crippen LogP) is 4.00. The molecule has 0 spiro atoms. The number of benzene rings is 3. The van der Waals surface area contributed by atoms with Gasteiger partial charge >= 0.3 is 12.1 Å². The molecule has 0 saturated heterocycles. The van der Waals surface area contributed by atoms with Crippen molar-refractivity contribution >= 4 is 12.1 Å². The van der Waals surface area contributed by atoms with Crippen molar-refractivity contribution in [3.63, 3.8) is 0 Å². The quantitative estimate of drug-likeness (QED) is 0.469. The summed E-state index contributed by atoms with van der Waals surface area (Å²) in [6.07, 6.45) is 0.828. The summed E-state index contributed by atoms with van der Waals surface area (Å²) in [5, 5.41) is 20.0. The van der Waals surface area contributed by atoms with Gasteiger partial charge in [-0.3, -0.25) is 4.57 Å². The maximum Gasteiger partial charge on any atom is 0.407 e. The van der Waals surface area contributed by atoms with E-state index >= 15 is 0 Å². The van der Waals surface area contributed by atoms with Crippen LogP contribution < -0.4 is 5.32 Å². The molecular formula is C25H20N4O4. The minimum absolute atomic E-state index is 0.0324. The number of rotatable bonds is 6. The van der Waals surface area contributed by atoms with Crippen LogP contribution in [0.15, 0.2) is 79.1 Å². The number of carbonyl (C=O) groups excluding carboxylic acids is 1. The highest BCUT2D eigenvalue weighted by Gasteiger charge is 2.29. The number of carboxylic acid groups (broad SMARTS) is 1. The summed E-state index contributed by atoms with van der Waals surface area (Å²) in [5.74, 6) is -0.707. The molecule has 0 saturated carbocycles. The Morgan fingerprint density at radius 1 is 0.939 bits per heavy atom. The average molecular weight is 440 g/mol.